The van der Waals surface area contributed by atoms with Crippen LogP contribution in [0.1, 0.15) is 52.7 Å². The number of allylic oxidation sites excluding steroid dienone is 1. The maximum Gasteiger partial charge on any atom is 0.224 e. The first-order chi connectivity index (χ1) is 18.0. The predicted molar refractivity (Wildman–Crippen MR) is 161 cm³/mol. The number of rotatable bonds is 10. The van der Waals surface area contributed by atoms with E-state index < -0.39 is 0 Å². The van der Waals surface area contributed by atoms with Crippen molar-refractivity contribution in [2.24, 2.45) is 11.3 Å². The van der Waals surface area contributed by atoms with Crippen molar-refractivity contribution in [3.63, 3.8) is 0 Å². The van der Waals surface area contributed by atoms with E-state index >= 15 is 0 Å². The molecule has 204 valence electrons. The summed E-state index contributed by atoms with van der Waals surface area (Å²) in [6, 6.07) is 26.4. The van der Waals surface area contributed by atoms with Gasteiger partial charge in [-0.2, -0.15) is 0 Å². The molecule has 0 aromatic heterocycles. The van der Waals surface area contributed by atoms with Crippen LogP contribution in [0.3, 0.4) is 0 Å². The Hall–Kier alpha value is -3.53. The Labute approximate surface area is 230 Å². The molecule has 0 saturated heterocycles. The van der Waals surface area contributed by atoms with Crippen molar-refractivity contribution in [3.8, 4) is 16.9 Å². The number of nitrogens with zero attached hydrogens (tertiary/aromatic N) is 1. The van der Waals surface area contributed by atoms with E-state index in [0.717, 1.165) is 35.0 Å². The number of nitrogens with one attached hydrogen (secondary N) is 1. The Kier molecular flexibility index (Phi) is 12.1. The Balaban J connectivity index is 0.000000638. The zero-order valence-electron chi connectivity index (χ0n) is 24.4. The van der Waals surface area contributed by atoms with E-state index in [4.69, 9.17) is 4.74 Å². The number of hydrogen-bond donors (Lipinski definition) is 1. The van der Waals surface area contributed by atoms with E-state index in [1.165, 1.54) is 11.1 Å². The minimum absolute atomic E-state index is 0.0160. The minimum atomic E-state index is 0.0160. The van der Waals surface area contributed by atoms with Crippen molar-refractivity contribution >= 4 is 5.91 Å². The van der Waals surface area contributed by atoms with Gasteiger partial charge in [-0.1, -0.05) is 108 Å². The molecule has 0 bridgehead atoms. The standard InChI is InChI=1S/C27H30N2O2.C7H16/c1-21(2)29(3)18-17-28-27(30)19-22-11-15-26(16-12-22)31-20-23-9-13-25(14-10-23)24-7-5-4-6-8-24;1-6(2)7(3,4)5/h4-16H,1,17-20H2,2-3H3,(H,28,30);6H,1-5H3. The van der Waals surface area contributed by atoms with Crippen LogP contribution >= 0.6 is 0 Å². The lowest BCUT2D eigenvalue weighted by atomic mass is 9.84. The molecular formula is C34H46N2O2. The molecule has 0 aliphatic heterocycles. The SMILES string of the molecule is C=C(C)N(C)CCNC(=O)Cc1ccc(OCc2ccc(-c3ccccc3)cc2)cc1.CC(C)C(C)(C)C. The van der Waals surface area contributed by atoms with Crippen molar-refractivity contribution in [1.29, 1.82) is 0 Å². The number of likely N-dealkylation sites (N-methyl/N-ethyl adjacent to an activating group) is 1. The van der Waals surface area contributed by atoms with Crippen LogP contribution in [0.2, 0.25) is 0 Å². The molecule has 0 unspecified atom stereocenters. The van der Waals surface area contributed by atoms with E-state index in [-0.39, 0.29) is 5.91 Å². The van der Waals surface area contributed by atoms with E-state index in [9.17, 15) is 4.79 Å². The first kappa shape index (κ1) is 30.7. The largest absolute Gasteiger partial charge is 0.489 e. The first-order valence-corrected chi connectivity index (χ1v) is 13.4. The van der Waals surface area contributed by atoms with Crippen LogP contribution < -0.4 is 10.1 Å². The fourth-order valence-corrected chi connectivity index (χ4v) is 3.10. The molecule has 0 heterocycles. The van der Waals surface area contributed by atoms with Gasteiger partial charge in [0.1, 0.15) is 12.4 Å². The molecule has 0 fully saturated rings. The fourth-order valence-electron chi connectivity index (χ4n) is 3.10. The Bertz CT molecular complexity index is 1110. The van der Waals surface area contributed by atoms with Crippen LogP contribution in [0.25, 0.3) is 11.1 Å². The molecule has 0 radical (unpaired) electrons. The quantitative estimate of drug-likeness (QED) is 0.301. The summed E-state index contributed by atoms with van der Waals surface area (Å²) in [6.45, 7) is 19.0. The van der Waals surface area contributed by atoms with E-state index in [1.54, 1.807) is 0 Å². The molecule has 3 rings (SSSR count). The molecule has 1 amide bonds. The summed E-state index contributed by atoms with van der Waals surface area (Å²) in [7, 11) is 1.96. The second kappa shape index (κ2) is 15.0. The maximum atomic E-state index is 12.1. The highest BCUT2D eigenvalue weighted by Gasteiger charge is 2.13. The minimum Gasteiger partial charge on any atom is -0.489 e. The van der Waals surface area contributed by atoms with E-state index in [0.29, 0.717) is 25.0 Å². The van der Waals surface area contributed by atoms with Gasteiger partial charge in [-0.3, -0.25) is 4.79 Å². The molecule has 3 aromatic carbocycles. The molecular weight excluding hydrogens is 468 g/mol. The summed E-state index contributed by atoms with van der Waals surface area (Å²) in [4.78, 5) is 14.1. The monoisotopic (exact) mass is 514 g/mol. The molecule has 4 heteroatoms. The highest BCUT2D eigenvalue weighted by Crippen LogP contribution is 2.23. The predicted octanol–water partition coefficient (Wildman–Crippen LogP) is 7.75. The lowest BCUT2D eigenvalue weighted by Crippen LogP contribution is -2.33. The Morgan fingerprint density at radius 1 is 0.895 bits per heavy atom. The molecule has 0 atom stereocenters. The lowest BCUT2D eigenvalue weighted by Gasteiger charge is -2.22. The van der Waals surface area contributed by atoms with Crippen molar-refractivity contribution in [2.75, 3.05) is 20.1 Å². The van der Waals surface area contributed by atoms with Crippen molar-refractivity contribution in [1.82, 2.24) is 10.2 Å². The number of carbonyl (C=O) groups excluding carboxylic acids is 1. The number of ether oxygens (including phenoxy) is 1. The number of benzene rings is 3. The third kappa shape index (κ3) is 11.2. The van der Waals surface area contributed by atoms with Gasteiger partial charge in [0.2, 0.25) is 5.91 Å². The summed E-state index contributed by atoms with van der Waals surface area (Å²) < 4.78 is 5.90. The van der Waals surface area contributed by atoms with Crippen molar-refractivity contribution < 1.29 is 9.53 Å². The first-order valence-electron chi connectivity index (χ1n) is 13.4. The molecule has 0 aliphatic carbocycles. The van der Waals surface area contributed by atoms with Gasteiger partial charge in [0.05, 0.1) is 6.42 Å². The van der Waals surface area contributed by atoms with Crippen LogP contribution in [0, 0.1) is 11.3 Å². The van der Waals surface area contributed by atoms with Gasteiger partial charge in [-0.05, 0) is 52.6 Å². The zero-order valence-corrected chi connectivity index (χ0v) is 24.4. The molecule has 0 saturated carbocycles. The topological polar surface area (TPSA) is 41.6 Å². The van der Waals surface area contributed by atoms with Gasteiger partial charge in [0.15, 0.2) is 0 Å². The average Bonchev–Trinajstić information content (AvgIpc) is 2.89. The van der Waals surface area contributed by atoms with Crippen LogP contribution in [-0.2, 0) is 17.8 Å². The van der Waals surface area contributed by atoms with Crippen LogP contribution in [0.4, 0.5) is 0 Å². The summed E-state index contributed by atoms with van der Waals surface area (Å²) in [5.41, 5.74) is 5.96. The van der Waals surface area contributed by atoms with E-state index in [1.807, 2.05) is 61.3 Å². The summed E-state index contributed by atoms with van der Waals surface area (Å²) >= 11 is 0. The van der Waals surface area contributed by atoms with E-state index in [2.05, 4.69) is 82.9 Å². The Morgan fingerprint density at radius 3 is 1.95 bits per heavy atom. The summed E-state index contributed by atoms with van der Waals surface area (Å²) in [5, 5.41) is 2.94. The highest BCUT2D eigenvalue weighted by atomic mass is 16.5. The van der Waals surface area contributed by atoms with Gasteiger partial charge in [-0.15, -0.1) is 0 Å². The average molecular weight is 515 g/mol. The molecule has 0 aliphatic rings. The second-order valence-electron chi connectivity index (χ2n) is 11.2. The fraction of sp³-hybridized carbons (Fsp3) is 0.382. The van der Waals surface area contributed by atoms with Crippen LogP contribution in [0.15, 0.2) is 91.1 Å². The van der Waals surface area contributed by atoms with Gasteiger partial charge in [0, 0.05) is 25.8 Å². The van der Waals surface area contributed by atoms with Crippen molar-refractivity contribution in [3.05, 3.63) is 102 Å². The molecule has 4 nitrogen and oxygen atoms in total. The van der Waals surface area contributed by atoms with Gasteiger partial charge >= 0.3 is 0 Å². The van der Waals surface area contributed by atoms with Crippen LogP contribution in [-0.4, -0.2) is 30.9 Å². The smallest absolute Gasteiger partial charge is 0.224 e. The Morgan fingerprint density at radius 2 is 1.42 bits per heavy atom. The number of hydrogen-bond acceptors (Lipinski definition) is 3. The molecule has 1 N–H and O–H groups in total. The third-order valence-corrected chi connectivity index (χ3v) is 6.91. The highest BCUT2D eigenvalue weighted by molar-refractivity contribution is 5.78. The summed E-state index contributed by atoms with van der Waals surface area (Å²) in [5.74, 6) is 1.61. The molecule has 38 heavy (non-hydrogen) atoms. The van der Waals surface area contributed by atoms with Gasteiger partial charge in [0.25, 0.3) is 0 Å². The zero-order chi connectivity index (χ0) is 28.1. The normalized spacial score (nSPS) is 10.8. The van der Waals surface area contributed by atoms with Crippen molar-refractivity contribution in [2.45, 2.75) is 54.6 Å². The maximum absolute atomic E-state index is 12.1. The van der Waals surface area contributed by atoms with Gasteiger partial charge < -0.3 is 15.0 Å². The lowest BCUT2D eigenvalue weighted by molar-refractivity contribution is -0.120. The second-order valence-corrected chi connectivity index (χ2v) is 11.2. The number of amides is 1. The molecule has 0 spiro atoms. The van der Waals surface area contributed by atoms with Crippen LogP contribution in [0.5, 0.6) is 5.75 Å². The number of carbonyl (C=O) groups is 1. The molecule has 3 aromatic rings. The summed E-state index contributed by atoms with van der Waals surface area (Å²) in [6.07, 6.45) is 0.359. The third-order valence-electron chi connectivity index (χ3n) is 6.91. The van der Waals surface area contributed by atoms with Gasteiger partial charge in [-0.25, -0.2) is 0 Å².